The van der Waals surface area contributed by atoms with Gasteiger partial charge in [0.05, 0.1) is 35.3 Å². The van der Waals surface area contributed by atoms with Gasteiger partial charge in [-0.25, -0.2) is 12.8 Å². The summed E-state index contributed by atoms with van der Waals surface area (Å²) >= 11 is 0. The van der Waals surface area contributed by atoms with E-state index in [1.807, 2.05) is 0 Å². The van der Waals surface area contributed by atoms with Crippen LogP contribution in [0.5, 0.6) is 0 Å². The summed E-state index contributed by atoms with van der Waals surface area (Å²) in [4.78, 5) is 24.0. The standard InChI is InChI=1S/C25H22FN3O5S/c1-29(35(2,33)34)19-10-8-18(9-11-19)27-24(16-5-3-15(4-6-16)13-22(30)31)23-20-12-7-17(26)14-21(20)28-25(23)32/h3-12,14,27H,13H2,1-2H3,(H,28,32)(H,30,31). The van der Waals surface area contributed by atoms with Gasteiger partial charge in [0, 0.05) is 18.3 Å². The first-order valence-corrected chi connectivity index (χ1v) is 12.4. The summed E-state index contributed by atoms with van der Waals surface area (Å²) in [5, 5.41) is 14.9. The fourth-order valence-electron chi connectivity index (χ4n) is 3.73. The fraction of sp³-hybridized carbons (Fsp3) is 0.120. The number of nitrogens with one attached hydrogen (secondary N) is 2. The average molecular weight is 496 g/mol. The molecule has 1 aliphatic heterocycles. The van der Waals surface area contributed by atoms with E-state index >= 15 is 0 Å². The molecule has 0 aliphatic carbocycles. The molecule has 0 radical (unpaired) electrons. The first-order chi connectivity index (χ1) is 16.5. The third-order valence-corrected chi connectivity index (χ3v) is 6.78. The molecule has 0 unspecified atom stereocenters. The summed E-state index contributed by atoms with van der Waals surface area (Å²) in [6.45, 7) is 0. The molecule has 0 fully saturated rings. The number of carboxylic acids is 1. The van der Waals surface area contributed by atoms with Crippen LogP contribution in [-0.2, 0) is 26.0 Å². The van der Waals surface area contributed by atoms with Crippen molar-refractivity contribution in [2.24, 2.45) is 0 Å². The Morgan fingerprint density at radius 1 is 1.06 bits per heavy atom. The van der Waals surface area contributed by atoms with Crippen LogP contribution in [0.25, 0.3) is 11.3 Å². The van der Waals surface area contributed by atoms with Crippen LogP contribution in [0.4, 0.5) is 21.5 Å². The normalized spacial score (nSPS) is 14.2. The maximum atomic E-state index is 13.7. The Bertz CT molecular complexity index is 1450. The molecule has 10 heteroatoms. The Labute approximate surface area is 201 Å². The molecule has 1 aliphatic rings. The van der Waals surface area contributed by atoms with Crippen LogP contribution in [0, 0.1) is 5.82 Å². The quantitative estimate of drug-likeness (QED) is 0.430. The zero-order valence-electron chi connectivity index (χ0n) is 18.9. The molecule has 3 aromatic rings. The monoisotopic (exact) mass is 495 g/mol. The SMILES string of the molecule is CN(c1ccc(NC(=C2C(=O)Nc3cc(F)ccc32)c2ccc(CC(=O)O)cc2)cc1)S(C)(=O)=O. The number of halogens is 1. The average Bonchev–Trinajstić information content (AvgIpc) is 3.11. The van der Waals surface area contributed by atoms with Crippen LogP contribution >= 0.6 is 0 Å². The third-order valence-electron chi connectivity index (χ3n) is 5.57. The lowest BCUT2D eigenvalue weighted by Gasteiger charge is -2.18. The van der Waals surface area contributed by atoms with E-state index in [0.717, 1.165) is 10.6 Å². The number of hydrogen-bond donors (Lipinski definition) is 3. The van der Waals surface area contributed by atoms with Gasteiger partial charge >= 0.3 is 5.97 Å². The van der Waals surface area contributed by atoms with Gasteiger partial charge in [-0.2, -0.15) is 0 Å². The second kappa shape index (κ2) is 9.22. The molecule has 180 valence electrons. The van der Waals surface area contributed by atoms with Gasteiger partial charge in [-0.15, -0.1) is 0 Å². The molecule has 1 heterocycles. The zero-order valence-corrected chi connectivity index (χ0v) is 19.7. The van der Waals surface area contributed by atoms with Crippen molar-refractivity contribution < 1.29 is 27.5 Å². The number of fused-ring (bicyclic) bond motifs is 1. The molecule has 0 saturated carbocycles. The number of benzene rings is 3. The highest BCUT2D eigenvalue weighted by Crippen LogP contribution is 2.38. The topological polar surface area (TPSA) is 116 Å². The highest BCUT2D eigenvalue weighted by Gasteiger charge is 2.29. The van der Waals surface area contributed by atoms with E-state index in [1.54, 1.807) is 48.5 Å². The number of sulfonamides is 1. The Balaban J connectivity index is 1.79. The summed E-state index contributed by atoms with van der Waals surface area (Å²) in [6, 6.07) is 17.3. The predicted octanol–water partition coefficient (Wildman–Crippen LogP) is 3.78. The molecular weight excluding hydrogens is 473 g/mol. The Morgan fingerprint density at radius 2 is 1.71 bits per heavy atom. The summed E-state index contributed by atoms with van der Waals surface area (Å²) in [5.41, 5.74) is 3.83. The van der Waals surface area contributed by atoms with E-state index in [0.29, 0.717) is 45.0 Å². The molecule has 3 aromatic carbocycles. The first-order valence-electron chi connectivity index (χ1n) is 10.5. The van der Waals surface area contributed by atoms with Gasteiger partial charge in [0.1, 0.15) is 5.82 Å². The number of rotatable bonds is 7. The number of hydrogen-bond acceptors (Lipinski definition) is 5. The molecule has 1 amide bonds. The molecule has 35 heavy (non-hydrogen) atoms. The van der Waals surface area contributed by atoms with Gasteiger partial charge in [-0.05, 0) is 53.6 Å². The Hall–Kier alpha value is -4.18. The lowest BCUT2D eigenvalue weighted by atomic mass is 9.98. The van der Waals surface area contributed by atoms with Crippen molar-refractivity contribution in [3.8, 4) is 0 Å². The minimum atomic E-state index is -3.43. The van der Waals surface area contributed by atoms with E-state index in [2.05, 4.69) is 10.6 Å². The number of nitrogens with zero attached hydrogens (tertiary/aromatic N) is 1. The van der Waals surface area contributed by atoms with Crippen LogP contribution in [0.2, 0.25) is 0 Å². The van der Waals surface area contributed by atoms with Crippen LogP contribution in [-0.4, -0.2) is 38.7 Å². The molecule has 3 N–H and O–H groups in total. The van der Waals surface area contributed by atoms with Crippen molar-refractivity contribution in [1.82, 2.24) is 0 Å². The van der Waals surface area contributed by atoms with Gasteiger partial charge in [0.25, 0.3) is 5.91 Å². The zero-order chi connectivity index (χ0) is 25.3. The maximum absolute atomic E-state index is 13.7. The molecule has 0 atom stereocenters. The van der Waals surface area contributed by atoms with Gasteiger partial charge in [0.15, 0.2) is 0 Å². The number of aliphatic carboxylic acids is 1. The van der Waals surface area contributed by atoms with E-state index in [4.69, 9.17) is 5.11 Å². The Morgan fingerprint density at radius 3 is 2.31 bits per heavy atom. The number of carboxylic acid groups (broad SMARTS) is 1. The predicted molar refractivity (Wildman–Crippen MR) is 133 cm³/mol. The molecule has 0 aromatic heterocycles. The minimum absolute atomic E-state index is 0.141. The number of carbonyl (C=O) groups excluding carboxylic acids is 1. The van der Waals surface area contributed by atoms with Gasteiger partial charge < -0.3 is 15.7 Å². The van der Waals surface area contributed by atoms with Crippen molar-refractivity contribution in [3.05, 3.63) is 89.2 Å². The van der Waals surface area contributed by atoms with Gasteiger partial charge in [-0.3, -0.25) is 13.9 Å². The molecule has 0 spiro atoms. The van der Waals surface area contributed by atoms with Crippen LogP contribution in [0.15, 0.2) is 66.7 Å². The van der Waals surface area contributed by atoms with Crippen molar-refractivity contribution in [2.75, 3.05) is 28.2 Å². The van der Waals surface area contributed by atoms with Crippen molar-refractivity contribution >= 4 is 50.2 Å². The number of carbonyl (C=O) groups is 2. The second-order valence-electron chi connectivity index (χ2n) is 8.06. The lowest BCUT2D eigenvalue weighted by Crippen LogP contribution is -2.24. The minimum Gasteiger partial charge on any atom is -0.481 e. The highest BCUT2D eigenvalue weighted by atomic mass is 32.2. The van der Waals surface area contributed by atoms with Gasteiger partial charge in [0.2, 0.25) is 10.0 Å². The molecule has 0 bridgehead atoms. The third kappa shape index (κ3) is 5.17. The largest absolute Gasteiger partial charge is 0.481 e. The second-order valence-corrected chi connectivity index (χ2v) is 10.1. The highest BCUT2D eigenvalue weighted by molar-refractivity contribution is 7.92. The first kappa shape index (κ1) is 24.0. The van der Waals surface area contributed by atoms with E-state index < -0.39 is 27.7 Å². The summed E-state index contributed by atoms with van der Waals surface area (Å²) < 4.78 is 38.5. The van der Waals surface area contributed by atoms with Crippen molar-refractivity contribution in [1.29, 1.82) is 0 Å². The molecular formula is C25H22FN3O5S. The van der Waals surface area contributed by atoms with E-state index in [9.17, 15) is 22.4 Å². The molecule has 4 rings (SSSR count). The van der Waals surface area contributed by atoms with Crippen molar-refractivity contribution in [3.63, 3.8) is 0 Å². The lowest BCUT2D eigenvalue weighted by molar-refractivity contribution is -0.136. The number of amides is 1. The van der Waals surface area contributed by atoms with Crippen LogP contribution < -0.4 is 14.9 Å². The maximum Gasteiger partial charge on any atom is 0.307 e. The molecule has 8 nitrogen and oxygen atoms in total. The number of anilines is 3. The van der Waals surface area contributed by atoms with Gasteiger partial charge in [-0.1, -0.05) is 24.3 Å². The Kier molecular flexibility index (Phi) is 6.31. The fourth-order valence-corrected chi connectivity index (χ4v) is 4.23. The summed E-state index contributed by atoms with van der Waals surface area (Å²) in [7, 11) is -1.98. The van der Waals surface area contributed by atoms with Crippen LogP contribution in [0.3, 0.4) is 0 Å². The summed E-state index contributed by atoms with van der Waals surface area (Å²) in [5.74, 6) is -1.86. The van der Waals surface area contributed by atoms with Crippen molar-refractivity contribution in [2.45, 2.75) is 6.42 Å². The summed E-state index contributed by atoms with van der Waals surface area (Å²) in [6.07, 6.45) is 0.964. The molecule has 0 saturated heterocycles. The van der Waals surface area contributed by atoms with Crippen LogP contribution in [0.1, 0.15) is 16.7 Å². The van der Waals surface area contributed by atoms with E-state index in [1.165, 1.54) is 25.2 Å². The van der Waals surface area contributed by atoms with E-state index in [-0.39, 0.29) is 6.42 Å². The smallest absolute Gasteiger partial charge is 0.307 e.